The number of methoxy groups -OCH3 is 1. The number of carbonyl (C=O) groups excluding carboxylic acids is 1. The maximum Gasteiger partial charge on any atom is 0.303 e. The Bertz CT molecular complexity index is 530. The van der Waals surface area contributed by atoms with E-state index < -0.39 is 12.0 Å². The van der Waals surface area contributed by atoms with Crippen molar-refractivity contribution in [2.45, 2.75) is 31.7 Å². The normalized spacial score (nSPS) is 15.2. The van der Waals surface area contributed by atoms with Crippen LogP contribution < -0.4 is 15.4 Å². The summed E-state index contributed by atoms with van der Waals surface area (Å²) in [6.07, 6.45) is 1.77. The third-order valence-corrected chi connectivity index (χ3v) is 3.65. The van der Waals surface area contributed by atoms with Gasteiger partial charge >= 0.3 is 5.97 Å². The molecule has 1 aliphatic rings. The van der Waals surface area contributed by atoms with Crippen LogP contribution in [0.4, 0.5) is 5.69 Å². The van der Waals surface area contributed by atoms with Crippen molar-refractivity contribution >= 4 is 17.6 Å². The fourth-order valence-electron chi connectivity index (χ4n) is 2.60. The van der Waals surface area contributed by atoms with Crippen molar-refractivity contribution in [3.05, 3.63) is 23.8 Å². The van der Waals surface area contributed by atoms with Gasteiger partial charge in [-0.3, -0.25) is 9.59 Å². The number of carbonyl (C=O) groups is 2. The number of hydrogen-bond acceptors (Lipinski definition) is 4. The van der Waals surface area contributed by atoms with Gasteiger partial charge in [0.15, 0.2) is 0 Å². The van der Waals surface area contributed by atoms with E-state index in [1.54, 1.807) is 12.0 Å². The molecule has 1 aliphatic heterocycles. The summed E-state index contributed by atoms with van der Waals surface area (Å²) < 4.78 is 5.34. The first-order valence-corrected chi connectivity index (χ1v) is 6.99. The van der Waals surface area contributed by atoms with Crippen LogP contribution in [0, 0.1) is 0 Å². The van der Waals surface area contributed by atoms with E-state index in [1.807, 2.05) is 18.2 Å². The number of ether oxygens (including phenoxy) is 1. The first-order chi connectivity index (χ1) is 10.0. The van der Waals surface area contributed by atoms with Crippen molar-refractivity contribution < 1.29 is 19.4 Å². The minimum absolute atomic E-state index is 0.112. The lowest BCUT2D eigenvalue weighted by molar-refractivity contribution is -0.137. The highest BCUT2D eigenvalue weighted by Gasteiger charge is 2.29. The second-order valence-electron chi connectivity index (χ2n) is 5.10. The minimum atomic E-state index is -0.949. The summed E-state index contributed by atoms with van der Waals surface area (Å²) in [7, 11) is 1.57. The van der Waals surface area contributed by atoms with Gasteiger partial charge in [-0.25, -0.2) is 0 Å². The Balaban J connectivity index is 2.22. The van der Waals surface area contributed by atoms with Crippen LogP contribution in [0.1, 0.15) is 24.8 Å². The Kier molecular flexibility index (Phi) is 4.80. The van der Waals surface area contributed by atoms with Crippen LogP contribution in [0.5, 0.6) is 5.75 Å². The van der Waals surface area contributed by atoms with Gasteiger partial charge in [0.2, 0.25) is 5.91 Å². The summed E-state index contributed by atoms with van der Waals surface area (Å²) in [6.45, 7) is 0.576. The molecule has 0 radical (unpaired) electrons. The van der Waals surface area contributed by atoms with Crippen molar-refractivity contribution in [1.82, 2.24) is 0 Å². The average molecular weight is 292 g/mol. The molecule has 2 rings (SSSR count). The van der Waals surface area contributed by atoms with E-state index in [4.69, 9.17) is 15.6 Å². The zero-order valence-corrected chi connectivity index (χ0v) is 12.0. The molecular formula is C15H20N2O4. The number of aliphatic carboxylic acids is 1. The number of anilines is 1. The second kappa shape index (κ2) is 6.58. The lowest BCUT2D eigenvalue weighted by Gasteiger charge is -2.32. The quantitative estimate of drug-likeness (QED) is 0.849. The molecular weight excluding hydrogens is 272 g/mol. The van der Waals surface area contributed by atoms with Crippen molar-refractivity contribution in [2.24, 2.45) is 5.73 Å². The Morgan fingerprint density at radius 2 is 2.24 bits per heavy atom. The number of rotatable bonds is 5. The molecule has 1 atom stereocenters. The first kappa shape index (κ1) is 15.3. The van der Waals surface area contributed by atoms with Gasteiger partial charge in [0.1, 0.15) is 5.75 Å². The number of nitrogens with two attached hydrogens (primary N) is 1. The highest BCUT2D eigenvalue weighted by molar-refractivity contribution is 5.99. The third kappa shape index (κ3) is 3.33. The lowest BCUT2D eigenvalue weighted by atomic mass is 9.99. The van der Waals surface area contributed by atoms with E-state index in [9.17, 15) is 9.59 Å². The predicted molar refractivity (Wildman–Crippen MR) is 78.5 cm³/mol. The molecule has 0 spiro atoms. The largest absolute Gasteiger partial charge is 0.495 e. The molecule has 0 aliphatic carbocycles. The smallest absolute Gasteiger partial charge is 0.303 e. The number of fused-ring (bicyclic) bond motifs is 1. The minimum Gasteiger partial charge on any atom is -0.495 e. The monoisotopic (exact) mass is 292 g/mol. The Morgan fingerprint density at radius 3 is 2.90 bits per heavy atom. The molecule has 1 unspecified atom stereocenters. The number of nitrogens with zero attached hydrogens (tertiary/aromatic N) is 1. The highest BCUT2D eigenvalue weighted by Crippen LogP contribution is 2.36. The zero-order valence-electron chi connectivity index (χ0n) is 12.0. The van der Waals surface area contributed by atoms with E-state index in [1.165, 1.54) is 0 Å². The molecule has 1 aromatic rings. The standard InChI is InChI=1S/C15H20N2O4/c1-21-12-6-2-4-10-5-3-9-17(14(10)12)15(20)11(16)7-8-13(18)19/h2,4,6,11H,3,5,7-9,16H2,1H3,(H,18,19). The molecule has 1 aromatic carbocycles. The molecule has 6 nitrogen and oxygen atoms in total. The second-order valence-corrected chi connectivity index (χ2v) is 5.10. The molecule has 0 saturated heterocycles. The van der Waals surface area contributed by atoms with Gasteiger partial charge < -0.3 is 20.5 Å². The lowest BCUT2D eigenvalue weighted by Crippen LogP contribution is -2.46. The molecule has 0 saturated carbocycles. The molecule has 114 valence electrons. The van der Waals surface area contributed by atoms with Crippen LogP contribution >= 0.6 is 0 Å². The van der Waals surface area contributed by atoms with Crippen LogP contribution in [-0.4, -0.2) is 36.7 Å². The van der Waals surface area contributed by atoms with Gasteiger partial charge in [0.05, 0.1) is 18.8 Å². The van der Waals surface area contributed by atoms with Crippen LogP contribution in [-0.2, 0) is 16.0 Å². The molecule has 0 fully saturated rings. The van der Waals surface area contributed by atoms with E-state index in [2.05, 4.69) is 0 Å². The number of hydrogen-bond donors (Lipinski definition) is 2. The molecule has 3 N–H and O–H groups in total. The summed E-state index contributed by atoms with van der Waals surface area (Å²) in [4.78, 5) is 24.7. The first-order valence-electron chi connectivity index (χ1n) is 6.99. The van der Waals surface area contributed by atoms with E-state index in [0.717, 1.165) is 24.1 Å². The van der Waals surface area contributed by atoms with Gasteiger partial charge in [-0.1, -0.05) is 12.1 Å². The van der Waals surface area contributed by atoms with Gasteiger partial charge in [-0.15, -0.1) is 0 Å². The fraction of sp³-hybridized carbons (Fsp3) is 0.467. The Hall–Kier alpha value is -2.08. The number of carboxylic acids is 1. The number of amides is 1. The number of carboxylic acid groups (broad SMARTS) is 1. The maximum atomic E-state index is 12.5. The number of para-hydroxylation sites is 1. The third-order valence-electron chi connectivity index (χ3n) is 3.65. The Morgan fingerprint density at radius 1 is 1.48 bits per heavy atom. The molecule has 1 heterocycles. The van der Waals surface area contributed by atoms with Gasteiger partial charge in [-0.2, -0.15) is 0 Å². The average Bonchev–Trinajstić information content (AvgIpc) is 2.50. The molecule has 1 amide bonds. The van der Waals surface area contributed by atoms with Crippen molar-refractivity contribution in [1.29, 1.82) is 0 Å². The summed E-state index contributed by atoms with van der Waals surface area (Å²) in [6, 6.07) is 4.88. The zero-order chi connectivity index (χ0) is 15.4. The van der Waals surface area contributed by atoms with Gasteiger partial charge in [0.25, 0.3) is 0 Å². The number of benzene rings is 1. The molecule has 0 aromatic heterocycles. The summed E-state index contributed by atoms with van der Waals surface area (Å²) >= 11 is 0. The van der Waals surface area contributed by atoms with Gasteiger partial charge in [-0.05, 0) is 30.9 Å². The SMILES string of the molecule is COc1cccc2c1N(C(=O)C(N)CCC(=O)O)CCC2. The van der Waals surface area contributed by atoms with Crippen LogP contribution in [0.3, 0.4) is 0 Å². The highest BCUT2D eigenvalue weighted by atomic mass is 16.5. The van der Waals surface area contributed by atoms with E-state index in [-0.39, 0.29) is 18.7 Å². The van der Waals surface area contributed by atoms with Crippen molar-refractivity contribution in [3.8, 4) is 5.75 Å². The van der Waals surface area contributed by atoms with E-state index >= 15 is 0 Å². The molecule has 0 bridgehead atoms. The fourth-order valence-corrected chi connectivity index (χ4v) is 2.60. The van der Waals surface area contributed by atoms with Crippen molar-refractivity contribution in [2.75, 3.05) is 18.6 Å². The number of aryl methyl sites for hydroxylation is 1. The van der Waals surface area contributed by atoms with Gasteiger partial charge in [0, 0.05) is 13.0 Å². The topological polar surface area (TPSA) is 92.9 Å². The van der Waals surface area contributed by atoms with E-state index in [0.29, 0.717) is 12.3 Å². The summed E-state index contributed by atoms with van der Waals surface area (Å²) in [5, 5.41) is 8.69. The summed E-state index contributed by atoms with van der Waals surface area (Å²) in [5.41, 5.74) is 7.67. The van der Waals surface area contributed by atoms with Crippen LogP contribution in [0.2, 0.25) is 0 Å². The molecule has 21 heavy (non-hydrogen) atoms. The predicted octanol–water partition coefficient (Wildman–Crippen LogP) is 1.17. The summed E-state index contributed by atoms with van der Waals surface area (Å²) in [5.74, 6) is -0.553. The molecule has 6 heteroatoms. The maximum absolute atomic E-state index is 12.5. The van der Waals surface area contributed by atoms with Crippen LogP contribution in [0.25, 0.3) is 0 Å². The van der Waals surface area contributed by atoms with Crippen molar-refractivity contribution in [3.63, 3.8) is 0 Å². The van der Waals surface area contributed by atoms with Crippen LogP contribution in [0.15, 0.2) is 18.2 Å². The Labute approximate surface area is 123 Å².